The van der Waals surface area contributed by atoms with E-state index in [1.54, 1.807) is 0 Å². The summed E-state index contributed by atoms with van der Waals surface area (Å²) >= 11 is 0. The Balaban J connectivity index is 0.00000338. The Hall–Kier alpha value is -0.860. The van der Waals surface area contributed by atoms with Crippen LogP contribution in [0.5, 0.6) is 0 Å². The molecule has 26 heavy (non-hydrogen) atoms. The zero-order valence-corrected chi connectivity index (χ0v) is 18.4. The van der Waals surface area contributed by atoms with Crippen molar-refractivity contribution in [2.45, 2.75) is 32.6 Å². The summed E-state index contributed by atoms with van der Waals surface area (Å²) in [5.41, 5.74) is 1.43. The van der Waals surface area contributed by atoms with Crippen LogP contribution in [-0.2, 0) is 11.2 Å². The molecule has 1 aliphatic rings. The van der Waals surface area contributed by atoms with Crippen LogP contribution in [0.4, 0.5) is 0 Å². The number of rotatable bonds is 10. The third-order valence-corrected chi connectivity index (χ3v) is 4.40. The van der Waals surface area contributed by atoms with Crippen molar-refractivity contribution in [2.75, 3.05) is 52.5 Å². The maximum Gasteiger partial charge on any atom is 0.191 e. The van der Waals surface area contributed by atoms with Crippen molar-refractivity contribution in [2.24, 2.45) is 4.99 Å². The van der Waals surface area contributed by atoms with Crippen LogP contribution in [0.25, 0.3) is 0 Å². The van der Waals surface area contributed by atoms with Crippen LogP contribution >= 0.6 is 24.0 Å². The van der Waals surface area contributed by atoms with E-state index in [1.165, 1.54) is 24.8 Å². The van der Waals surface area contributed by atoms with Gasteiger partial charge in [-0.15, -0.1) is 24.0 Å². The minimum Gasteiger partial charge on any atom is -0.379 e. The van der Waals surface area contributed by atoms with E-state index in [4.69, 9.17) is 9.73 Å². The number of benzene rings is 1. The molecule has 0 radical (unpaired) electrons. The molecule has 1 aliphatic heterocycles. The van der Waals surface area contributed by atoms with Crippen LogP contribution in [0.1, 0.15) is 31.7 Å². The summed E-state index contributed by atoms with van der Waals surface area (Å²) < 4.78 is 5.38. The molecule has 0 atom stereocenters. The highest BCUT2D eigenvalue weighted by Crippen LogP contribution is 2.06. The lowest BCUT2D eigenvalue weighted by Gasteiger charge is -2.26. The second-order valence-electron chi connectivity index (χ2n) is 6.44. The summed E-state index contributed by atoms with van der Waals surface area (Å²) in [6.45, 7) is 9.67. The van der Waals surface area contributed by atoms with Gasteiger partial charge in [0.2, 0.25) is 0 Å². The van der Waals surface area contributed by atoms with Crippen molar-refractivity contribution < 1.29 is 4.74 Å². The first-order valence-electron chi connectivity index (χ1n) is 9.74. The summed E-state index contributed by atoms with van der Waals surface area (Å²) in [4.78, 5) is 7.13. The molecule has 148 valence electrons. The third kappa shape index (κ3) is 10.3. The standard InChI is InChI=1S/C20H34N4O.HI/c1-2-21-20(23-13-14-24-15-17-25-18-16-24)22-12-8-4-7-11-19-9-5-3-6-10-19;/h3,5-6,9-10H,2,4,7-8,11-18H2,1H3,(H2,21,22,23);1H. The number of halogens is 1. The van der Waals surface area contributed by atoms with Gasteiger partial charge in [-0.1, -0.05) is 36.8 Å². The minimum atomic E-state index is 0. The fourth-order valence-corrected chi connectivity index (χ4v) is 2.95. The molecule has 0 saturated carbocycles. The van der Waals surface area contributed by atoms with Crippen molar-refractivity contribution in [1.29, 1.82) is 0 Å². The maximum absolute atomic E-state index is 5.38. The predicted molar refractivity (Wildman–Crippen MR) is 121 cm³/mol. The van der Waals surface area contributed by atoms with E-state index < -0.39 is 0 Å². The van der Waals surface area contributed by atoms with Gasteiger partial charge in [-0.05, 0) is 31.7 Å². The second-order valence-corrected chi connectivity index (χ2v) is 6.44. The molecule has 2 N–H and O–H groups in total. The van der Waals surface area contributed by atoms with E-state index in [0.29, 0.717) is 0 Å². The first-order chi connectivity index (χ1) is 12.4. The lowest BCUT2D eigenvalue weighted by atomic mass is 10.1. The van der Waals surface area contributed by atoms with Crippen molar-refractivity contribution >= 4 is 29.9 Å². The van der Waals surface area contributed by atoms with Crippen LogP contribution < -0.4 is 10.6 Å². The third-order valence-electron chi connectivity index (χ3n) is 4.40. The largest absolute Gasteiger partial charge is 0.379 e. The number of aryl methyl sites for hydroxylation is 1. The Labute approximate surface area is 176 Å². The van der Waals surface area contributed by atoms with Crippen molar-refractivity contribution in [3.8, 4) is 0 Å². The number of unbranched alkanes of at least 4 members (excludes halogenated alkanes) is 2. The number of hydrogen-bond donors (Lipinski definition) is 2. The van der Waals surface area contributed by atoms with Crippen molar-refractivity contribution in [1.82, 2.24) is 15.5 Å². The Bertz CT molecular complexity index is 478. The van der Waals surface area contributed by atoms with Crippen LogP contribution in [0.2, 0.25) is 0 Å². The van der Waals surface area contributed by atoms with E-state index in [-0.39, 0.29) is 24.0 Å². The summed E-state index contributed by atoms with van der Waals surface area (Å²) in [6, 6.07) is 10.7. The first-order valence-corrected chi connectivity index (χ1v) is 9.74. The number of ether oxygens (including phenoxy) is 1. The molecule has 0 spiro atoms. The summed E-state index contributed by atoms with van der Waals surface area (Å²) in [7, 11) is 0. The van der Waals surface area contributed by atoms with E-state index in [9.17, 15) is 0 Å². The molecule has 5 nitrogen and oxygen atoms in total. The van der Waals surface area contributed by atoms with Gasteiger partial charge in [0.05, 0.1) is 13.2 Å². The van der Waals surface area contributed by atoms with Gasteiger partial charge in [0, 0.05) is 39.3 Å². The fraction of sp³-hybridized carbons (Fsp3) is 0.650. The zero-order valence-electron chi connectivity index (χ0n) is 16.1. The van der Waals surface area contributed by atoms with Gasteiger partial charge in [-0.25, -0.2) is 0 Å². The lowest BCUT2D eigenvalue weighted by Crippen LogP contribution is -2.44. The summed E-state index contributed by atoms with van der Waals surface area (Å²) in [5, 5.41) is 6.77. The predicted octanol–water partition coefficient (Wildman–Crippen LogP) is 2.90. The van der Waals surface area contributed by atoms with Crippen molar-refractivity contribution in [3.63, 3.8) is 0 Å². The van der Waals surface area contributed by atoms with Crippen molar-refractivity contribution in [3.05, 3.63) is 35.9 Å². The van der Waals surface area contributed by atoms with Crippen LogP contribution in [-0.4, -0.2) is 63.3 Å². The van der Waals surface area contributed by atoms with Gasteiger partial charge in [-0.3, -0.25) is 9.89 Å². The molecule has 2 rings (SSSR count). The average molecular weight is 474 g/mol. The Kier molecular flexibility index (Phi) is 13.6. The van der Waals surface area contributed by atoms with E-state index >= 15 is 0 Å². The quantitative estimate of drug-likeness (QED) is 0.237. The maximum atomic E-state index is 5.38. The highest BCUT2D eigenvalue weighted by molar-refractivity contribution is 14.0. The summed E-state index contributed by atoms with van der Waals surface area (Å²) in [6.07, 6.45) is 4.78. The smallest absolute Gasteiger partial charge is 0.191 e. The molecule has 1 heterocycles. The van der Waals surface area contributed by atoms with Gasteiger partial charge in [0.25, 0.3) is 0 Å². The van der Waals surface area contributed by atoms with Gasteiger partial charge in [0.15, 0.2) is 5.96 Å². The number of aliphatic imine (C=N–C) groups is 1. The van der Waals surface area contributed by atoms with E-state index in [2.05, 4.69) is 52.8 Å². The normalized spacial score (nSPS) is 15.3. The molecule has 0 aromatic heterocycles. The lowest BCUT2D eigenvalue weighted by molar-refractivity contribution is 0.0389. The molecule has 0 aliphatic carbocycles. The monoisotopic (exact) mass is 474 g/mol. The van der Waals surface area contributed by atoms with Crippen LogP contribution in [0.15, 0.2) is 35.3 Å². The van der Waals surface area contributed by atoms with Gasteiger partial charge in [-0.2, -0.15) is 0 Å². The average Bonchev–Trinajstić information content (AvgIpc) is 2.66. The highest BCUT2D eigenvalue weighted by Gasteiger charge is 2.09. The highest BCUT2D eigenvalue weighted by atomic mass is 127. The number of guanidine groups is 1. The number of nitrogens with zero attached hydrogens (tertiary/aromatic N) is 2. The first kappa shape index (κ1) is 23.2. The summed E-state index contributed by atoms with van der Waals surface area (Å²) in [5.74, 6) is 0.943. The molecule has 1 aromatic rings. The minimum absolute atomic E-state index is 0. The fourth-order valence-electron chi connectivity index (χ4n) is 2.95. The molecular weight excluding hydrogens is 439 g/mol. The van der Waals surface area contributed by atoms with Gasteiger partial charge >= 0.3 is 0 Å². The Morgan fingerprint density at radius 2 is 1.85 bits per heavy atom. The number of morpholine rings is 1. The molecular formula is C20H35IN4O. The van der Waals surface area contributed by atoms with E-state index in [0.717, 1.165) is 64.9 Å². The topological polar surface area (TPSA) is 48.9 Å². The SMILES string of the molecule is CCNC(=NCCCCCc1ccccc1)NCCN1CCOCC1.I. The van der Waals surface area contributed by atoms with Gasteiger partial charge < -0.3 is 15.4 Å². The zero-order chi connectivity index (χ0) is 17.6. The van der Waals surface area contributed by atoms with Gasteiger partial charge in [0.1, 0.15) is 0 Å². The molecule has 1 saturated heterocycles. The number of hydrogen-bond acceptors (Lipinski definition) is 3. The number of nitrogens with one attached hydrogen (secondary N) is 2. The van der Waals surface area contributed by atoms with Crippen LogP contribution in [0.3, 0.4) is 0 Å². The molecule has 1 fully saturated rings. The molecule has 1 aromatic carbocycles. The van der Waals surface area contributed by atoms with E-state index in [1.807, 2.05) is 0 Å². The second kappa shape index (κ2) is 15.2. The van der Waals surface area contributed by atoms with Crippen LogP contribution in [0, 0.1) is 0 Å². The Morgan fingerprint density at radius 3 is 2.58 bits per heavy atom. The molecule has 6 heteroatoms. The molecule has 0 bridgehead atoms. The molecule has 0 amide bonds. The molecule has 0 unspecified atom stereocenters. The Morgan fingerprint density at radius 1 is 1.08 bits per heavy atom.